The molecule has 4 nitrogen and oxygen atoms in total. The van der Waals surface area contributed by atoms with Crippen molar-refractivity contribution in [1.82, 2.24) is 0 Å². The van der Waals surface area contributed by atoms with Crippen LogP contribution >= 0.6 is 11.6 Å². The summed E-state index contributed by atoms with van der Waals surface area (Å²) in [6, 6.07) is 14.0. The van der Waals surface area contributed by atoms with Crippen LogP contribution in [-0.4, -0.2) is 11.8 Å². The molecular weight excluding hydrogens is 288 g/mol. The minimum atomic E-state index is -0.572. The van der Waals surface area contributed by atoms with Gasteiger partial charge in [-0.25, -0.2) is 0 Å². The first-order chi connectivity index (χ1) is 10.1. The van der Waals surface area contributed by atoms with Crippen molar-refractivity contribution in [1.29, 1.82) is 0 Å². The Hall–Kier alpha value is -2.33. The SMILES string of the molecule is NC(=O)c1ccccc1NC(=O)CCc1ccccc1Cl. The van der Waals surface area contributed by atoms with E-state index >= 15 is 0 Å². The Bertz CT molecular complexity index is 671. The number of carbonyl (C=O) groups excluding carboxylic acids is 2. The number of hydrogen-bond donors (Lipinski definition) is 2. The molecule has 0 saturated carbocycles. The van der Waals surface area contributed by atoms with Crippen molar-refractivity contribution in [3.05, 3.63) is 64.7 Å². The maximum Gasteiger partial charge on any atom is 0.250 e. The quantitative estimate of drug-likeness (QED) is 0.891. The van der Waals surface area contributed by atoms with E-state index in [0.29, 0.717) is 22.7 Å². The predicted molar refractivity (Wildman–Crippen MR) is 83.4 cm³/mol. The molecule has 0 aliphatic heterocycles. The number of halogens is 1. The molecule has 0 aliphatic rings. The fourth-order valence-electron chi connectivity index (χ4n) is 1.97. The second kappa shape index (κ2) is 6.90. The predicted octanol–water partition coefficient (Wildman–Crippen LogP) is 3.01. The van der Waals surface area contributed by atoms with Crippen LogP contribution in [0.4, 0.5) is 5.69 Å². The first-order valence-electron chi connectivity index (χ1n) is 6.50. The Kier molecular flexibility index (Phi) is 4.95. The van der Waals surface area contributed by atoms with Gasteiger partial charge in [0.2, 0.25) is 5.91 Å². The van der Waals surface area contributed by atoms with Crippen molar-refractivity contribution >= 4 is 29.1 Å². The van der Waals surface area contributed by atoms with Crippen molar-refractivity contribution in [2.75, 3.05) is 5.32 Å². The Morgan fingerprint density at radius 2 is 1.71 bits per heavy atom. The first-order valence-corrected chi connectivity index (χ1v) is 6.88. The molecule has 108 valence electrons. The lowest BCUT2D eigenvalue weighted by Gasteiger charge is -2.09. The van der Waals surface area contributed by atoms with E-state index < -0.39 is 5.91 Å². The van der Waals surface area contributed by atoms with E-state index in [9.17, 15) is 9.59 Å². The number of aryl methyl sites for hydroxylation is 1. The van der Waals surface area contributed by atoms with Gasteiger partial charge in [0.05, 0.1) is 11.3 Å². The number of nitrogens with one attached hydrogen (secondary N) is 1. The zero-order valence-electron chi connectivity index (χ0n) is 11.3. The van der Waals surface area contributed by atoms with Gasteiger partial charge < -0.3 is 11.1 Å². The molecule has 0 atom stereocenters. The average Bonchev–Trinajstić information content (AvgIpc) is 2.47. The van der Waals surface area contributed by atoms with Gasteiger partial charge in [-0.15, -0.1) is 0 Å². The molecule has 0 aliphatic carbocycles. The number of primary amides is 1. The van der Waals surface area contributed by atoms with Crippen LogP contribution < -0.4 is 11.1 Å². The summed E-state index contributed by atoms with van der Waals surface area (Å²) in [5.74, 6) is -0.763. The van der Waals surface area contributed by atoms with Gasteiger partial charge in [0, 0.05) is 11.4 Å². The minimum Gasteiger partial charge on any atom is -0.366 e. The molecule has 2 aromatic rings. The van der Waals surface area contributed by atoms with Crippen LogP contribution in [-0.2, 0) is 11.2 Å². The lowest BCUT2D eigenvalue weighted by Crippen LogP contribution is -2.18. The number of rotatable bonds is 5. The Morgan fingerprint density at radius 3 is 2.43 bits per heavy atom. The van der Waals surface area contributed by atoms with Crippen LogP contribution in [0.5, 0.6) is 0 Å². The summed E-state index contributed by atoms with van der Waals surface area (Å²) < 4.78 is 0. The standard InChI is InChI=1S/C16H15ClN2O2/c17-13-7-3-1-5-11(13)9-10-15(20)19-14-8-4-2-6-12(14)16(18)21/h1-8H,9-10H2,(H2,18,21)(H,19,20). The molecule has 0 heterocycles. The lowest BCUT2D eigenvalue weighted by atomic mass is 10.1. The number of nitrogens with two attached hydrogens (primary N) is 1. The van der Waals surface area contributed by atoms with Crippen LogP contribution in [0.3, 0.4) is 0 Å². The molecule has 2 amide bonds. The van der Waals surface area contributed by atoms with Gasteiger partial charge >= 0.3 is 0 Å². The fraction of sp³-hybridized carbons (Fsp3) is 0.125. The third-order valence-electron chi connectivity index (χ3n) is 3.05. The molecule has 0 fully saturated rings. The van der Waals surface area contributed by atoms with Gasteiger partial charge in [-0.1, -0.05) is 41.9 Å². The van der Waals surface area contributed by atoms with E-state index in [4.69, 9.17) is 17.3 Å². The third kappa shape index (κ3) is 4.07. The number of amides is 2. The first kappa shape index (κ1) is 15.1. The molecule has 0 spiro atoms. The Morgan fingerprint density at radius 1 is 1.05 bits per heavy atom. The molecule has 5 heteroatoms. The molecule has 2 aromatic carbocycles. The van der Waals surface area contributed by atoms with E-state index in [1.54, 1.807) is 30.3 Å². The van der Waals surface area contributed by atoms with E-state index in [1.165, 1.54) is 0 Å². The van der Waals surface area contributed by atoms with Crippen LogP contribution in [0.2, 0.25) is 5.02 Å². The minimum absolute atomic E-state index is 0.191. The highest BCUT2D eigenvalue weighted by atomic mass is 35.5. The maximum absolute atomic E-state index is 12.0. The van der Waals surface area contributed by atoms with E-state index in [2.05, 4.69) is 5.32 Å². The highest BCUT2D eigenvalue weighted by Gasteiger charge is 2.10. The molecule has 0 saturated heterocycles. The van der Waals surface area contributed by atoms with E-state index in [-0.39, 0.29) is 12.3 Å². The Labute approximate surface area is 127 Å². The molecule has 0 radical (unpaired) electrons. The summed E-state index contributed by atoms with van der Waals surface area (Å²) >= 11 is 6.04. The summed E-state index contributed by atoms with van der Waals surface area (Å²) in [7, 11) is 0. The third-order valence-corrected chi connectivity index (χ3v) is 3.41. The van der Waals surface area contributed by atoms with Crippen molar-refractivity contribution in [2.45, 2.75) is 12.8 Å². The summed E-state index contributed by atoms with van der Waals surface area (Å²) in [5, 5.41) is 3.34. The zero-order valence-corrected chi connectivity index (χ0v) is 12.1. The smallest absolute Gasteiger partial charge is 0.250 e. The molecule has 0 bridgehead atoms. The van der Waals surface area contributed by atoms with Crippen LogP contribution in [0, 0.1) is 0 Å². The number of para-hydroxylation sites is 1. The van der Waals surface area contributed by atoms with Gasteiger partial charge in [0.1, 0.15) is 0 Å². The molecule has 2 rings (SSSR count). The highest BCUT2D eigenvalue weighted by Crippen LogP contribution is 2.18. The van der Waals surface area contributed by atoms with Crippen LogP contribution in [0.1, 0.15) is 22.3 Å². The molecule has 3 N–H and O–H groups in total. The zero-order chi connectivity index (χ0) is 15.2. The highest BCUT2D eigenvalue weighted by molar-refractivity contribution is 6.31. The van der Waals surface area contributed by atoms with Crippen molar-refractivity contribution in [2.24, 2.45) is 5.73 Å². The summed E-state index contributed by atoms with van der Waals surface area (Å²) in [6.45, 7) is 0. The van der Waals surface area contributed by atoms with Crippen molar-refractivity contribution in [3.8, 4) is 0 Å². The number of carbonyl (C=O) groups is 2. The fourth-order valence-corrected chi connectivity index (χ4v) is 2.20. The molecular formula is C16H15ClN2O2. The van der Waals surface area contributed by atoms with E-state index in [1.807, 2.05) is 18.2 Å². The van der Waals surface area contributed by atoms with Crippen molar-refractivity contribution < 1.29 is 9.59 Å². The number of anilines is 1. The monoisotopic (exact) mass is 302 g/mol. The molecule has 21 heavy (non-hydrogen) atoms. The topological polar surface area (TPSA) is 72.2 Å². The number of benzene rings is 2. The van der Waals surface area contributed by atoms with Gasteiger partial charge in [-0.3, -0.25) is 9.59 Å². The summed E-state index contributed by atoms with van der Waals surface area (Å²) in [6.07, 6.45) is 0.807. The van der Waals surface area contributed by atoms with Gasteiger partial charge in [0.15, 0.2) is 0 Å². The largest absolute Gasteiger partial charge is 0.366 e. The lowest BCUT2D eigenvalue weighted by molar-refractivity contribution is -0.116. The van der Waals surface area contributed by atoms with Gasteiger partial charge in [-0.2, -0.15) is 0 Å². The molecule has 0 unspecified atom stereocenters. The second-order valence-electron chi connectivity index (χ2n) is 4.55. The normalized spacial score (nSPS) is 10.1. The second-order valence-corrected chi connectivity index (χ2v) is 4.96. The Balaban J connectivity index is 2.00. The number of hydrogen-bond acceptors (Lipinski definition) is 2. The van der Waals surface area contributed by atoms with E-state index in [0.717, 1.165) is 5.56 Å². The maximum atomic E-state index is 12.0. The van der Waals surface area contributed by atoms with Gasteiger partial charge in [-0.05, 0) is 30.2 Å². The van der Waals surface area contributed by atoms with Crippen LogP contribution in [0.25, 0.3) is 0 Å². The van der Waals surface area contributed by atoms with Crippen LogP contribution in [0.15, 0.2) is 48.5 Å². The average molecular weight is 303 g/mol. The van der Waals surface area contributed by atoms with Gasteiger partial charge in [0.25, 0.3) is 5.91 Å². The summed E-state index contributed by atoms with van der Waals surface area (Å²) in [4.78, 5) is 23.2. The summed E-state index contributed by atoms with van der Waals surface area (Å²) in [5.41, 5.74) is 6.90. The molecule has 0 aromatic heterocycles. The van der Waals surface area contributed by atoms with Crippen molar-refractivity contribution in [3.63, 3.8) is 0 Å².